The number of hydrogen-bond acceptors (Lipinski definition) is 10. The summed E-state index contributed by atoms with van der Waals surface area (Å²) in [5, 5.41) is 42.9. The molecule has 0 aliphatic carbocycles. The number of nitriles is 4. The van der Waals surface area contributed by atoms with E-state index in [2.05, 4.69) is 19.4 Å². The SMILES string of the molecule is [C-]#[N+]c1c(C#N)c(N2C(=O)c3ccc(-c4ccc(N)cc4)cc3C2=O)c(C#N)c([N+]#[C-])c1-c1c(C#N)c([N+]#[C-])c(N2C(=O)c3ccc(-c4ccc(N)cc4)cc3C2=O)c([N+]#[C-])c1C#N. The summed E-state index contributed by atoms with van der Waals surface area (Å²) in [4.78, 5) is 71.3. The van der Waals surface area contributed by atoms with Gasteiger partial charge in [0.05, 0.1) is 106 Å². The van der Waals surface area contributed by atoms with E-state index in [0.717, 1.165) is 0 Å². The number of amides is 4. The maximum Gasteiger partial charge on any atom is 0.266 e. The van der Waals surface area contributed by atoms with Crippen molar-refractivity contribution in [1.29, 1.82) is 21.0 Å². The van der Waals surface area contributed by atoms with E-state index >= 15 is 0 Å². The number of nitrogen functional groups attached to an aromatic ring is 2. The third-order valence-corrected chi connectivity index (χ3v) is 10.7. The molecular weight excluding hydrogens is 809 g/mol. The van der Waals surface area contributed by atoms with Crippen molar-refractivity contribution in [3.05, 3.63) is 175 Å². The van der Waals surface area contributed by atoms with E-state index in [1.807, 2.05) is 0 Å². The fourth-order valence-corrected chi connectivity index (χ4v) is 7.81. The third kappa shape index (κ3) is 5.62. The summed E-state index contributed by atoms with van der Waals surface area (Å²) in [7, 11) is 0. The minimum atomic E-state index is -1.00. The van der Waals surface area contributed by atoms with Gasteiger partial charge in [-0.15, -0.1) is 0 Å². The van der Waals surface area contributed by atoms with Crippen LogP contribution in [0.15, 0.2) is 84.9 Å². The van der Waals surface area contributed by atoms with Crippen LogP contribution in [0.2, 0.25) is 0 Å². The molecule has 2 heterocycles. The van der Waals surface area contributed by atoms with E-state index in [1.165, 1.54) is 24.3 Å². The number of benzene rings is 6. The van der Waals surface area contributed by atoms with Crippen molar-refractivity contribution in [1.82, 2.24) is 0 Å². The van der Waals surface area contributed by atoms with Crippen LogP contribution >= 0.6 is 0 Å². The lowest BCUT2D eigenvalue weighted by atomic mass is 9.86. The van der Waals surface area contributed by atoms with Gasteiger partial charge >= 0.3 is 0 Å². The Morgan fingerprint density at radius 3 is 1.08 bits per heavy atom. The molecule has 0 saturated carbocycles. The van der Waals surface area contributed by atoms with Crippen molar-refractivity contribution in [2.75, 3.05) is 21.3 Å². The van der Waals surface area contributed by atoms with E-state index in [1.54, 1.807) is 84.9 Å². The van der Waals surface area contributed by atoms with Gasteiger partial charge in [-0.05, 0) is 81.9 Å². The van der Waals surface area contributed by atoms with Crippen LogP contribution in [0.4, 0.5) is 45.5 Å². The maximum absolute atomic E-state index is 14.2. The largest absolute Gasteiger partial charge is 0.399 e. The molecule has 4 amide bonds. The quantitative estimate of drug-likeness (QED) is 0.0948. The minimum absolute atomic E-state index is 0.120. The van der Waals surface area contributed by atoms with Gasteiger partial charge in [-0.25, -0.2) is 24.3 Å². The summed E-state index contributed by atoms with van der Waals surface area (Å²) in [6.45, 7) is 32.9. The van der Waals surface area contributed by atoms with E-state index in [0.29, 0.717) is 43.4 Å². The zero-order valence-electron chi connectivity index (χ0n) is 32.3. The highest BCUT2D eigenvalue weighted by Gasteiger charge is 2.44. The molecule has 0 spiro atoms. The van der Waals surface area contributed by atoms with Gasteiger partial charge in [-0.3, -0.25) is 24.1 Å². The lowest BCUT2D eigenvalue weighted by molar-refractivity contribution is 0.0910. The average molecular weight is 827 g/mol. The summed E-state index contributed by atoms with van der Waals surface area (Å²) < 4.78 is 0. The molecule has 2 aliphatic heterocycles. The highest BCUT2D eigenvalue weighted by Crippen LogP contribution is 2.57. The van der Waals surface area contributed by atoms with Crippen LogP contribution in [0, 0.1) is 71.6 Å². The lowest BCUT2D eigenvalue weighted by Gasteiger charge is -2.25. The number of imide groups is 2. The molecule has 64 heavy (non-hydrogen) atoms. The summed E-state index contributed by atoms with van der Waals surface area (Å²) in [5.41, 5.74) is 5.14. The van der Waals surface area contributed by atoms with E-state index < -0.39 is 91.1 Å². The van der Waals surface area contributed by atoms with E-state index in [9.17, 15) is 40.2 Å². The van der Waals surface area contributed by atoms with Gasteiger partial charge in [0.25, 0.3) is 23.6 Å². The molecule has 16 heteroatoms. The van der Waals surface area contributed by atoms with Crippen molar-refractivity contribution in [2.24, 2.45) is 0 Å². The predicted molar refractivity (Wildman–Crippen MR) is 231 cm³/mol. The molecule has 294 valence electrons. The van der Waals surface area contributed by atoms with Crippen LogP contribution in [0.5, 0.6) is 0 Å². The molecule has 0 fully saturated rings. The Kier molecular flexibility index (Phi) is 9.39. The van der Waals surface area contributed by atoms with Crippen molar-refractivity contribution in [3.8, 4) is 57.7 Å². The lowest BCUT2D eigenvalue weighted by Crippen LogP contribution is -2.31. The first-order valence-electron chi connectivity index (χ1n) is 18.3. The zero-order chi connectivity index (χ0) is 45.7. The highest BCUT2D eigenvalue weighted by molar-refractivity contribution is 6.38. The number of nitrogens with two attached hydrogens (primary N) is 2. The van der Waals surface area contributed by atoms with Crippen LogP contribution in [0.3, 0.4) is 0 Å². The molecule has 0 saturated heterocycles. The number of fused-ring (bicyclic) bond motifs is 2. The second-order valence-corrected chi connectivity index (χ2v) is 13.9. The van der Waals surface area contributed by atoms with Crippen LogP contribution in [0.1, 0.15) is 63.7 Å². The maximum atomic E-state index is 14.2. The molecule has 2 aliphatic rings. The molecular formula is C48H18N12O4. The second-order valence-electron chi connectivity index (χ2n) is 13.9. The fraction of sp³-hybridized carbons (Fsp3) is 0. The number of rotatable bonds is 5. The Bertz CT molecular complexity index is 3250. The van der Waals surface area contributed by atoms with Gasteiger partial charge in [0.15, 0.2) is 0 Å². The van der Waals surface area contributed by atoms with Gasteiger partial charge in [-0.2, -0.15) is 21.0 Å². The Balaban J connectivity index is 1.36. The predicted octanol–water partition coefficient (Wildman–Crippen LogP) is 9.14. The van der Waals surface area contributed by atoms with Crippen molar-refractivity contribution >= 4 is 69.1 Å². The fourth-order valence-electron chi connectivity index (χ4n) is 7.81. The second kappa shape index (κ2) is 15.1. The van der Waals surface area contributed by atoms with Gasteiger partial charge in [-0.1, -0.05) is 36.4 Å². The zero-order valence-corrected chi connectivity index (χ0v) is 32.3. The van der Waals surface area contributed by atoms with Gasteiger partial charge in [0, 0.05) is 11.4 Å². The molecule has 6 aromatic carbocycles. The average Bonchev–Trinajstić information content (AvgIpc) is 3.71. The standard InChI is InChI=1S/C48H18N12O4/c1-55-39-35(21-51)43(59-45(61)29-15-9-25(17-31(29)47(59)63)23-5-11-27(53)12-6-23)36(22-52)40(56-2)38(39)37-33(19-49)41(57-3)44(42(58-4)34(37)20-50)60-46(62)30-16-10-26(18-32(30)48(60)64)24-7-13-28(54)14-8-24/h5-18H,53-54H2. The first kappa shape index (κ1) is 39.9. The van der Waals surface area contributed by atoms with Crippen molar-refractivity contribution < 1.29 is 19.2 Å². The van der Waals surface area contributed by atoms with E-state index in [-0.39, 0.29) is 22.3 Å². The summed E-state index contributed by atoms with van der Waals surface area (Å²) in [6.07, 6.45) is 0. The van der Waals surface area contributed by atoms with E-state index in [4.69, 9.17) is 37.8 Å². The molecule has 0 radical (unpaired) electrons. The number of anilines is 4. The summed E-state index contributed by atoms with van der Waals surface area (Å²) in [6, 6.07) is 29.0. The summed E-state index contributed by atoms with van der Waals surface area (Å²) in [5.74, 6) is -3.99. The number of carbonyl (C=O) groups is 4. The first-order valence-corrected chi connectivity index (χ1v) is 18.3. The van der Waals surface area contributed by atoms with Gasteiger partial charge in [0.1, 0.15) is 0 Å². The van der Waals surface area contributed by atoms with Crippen molar-refractivity contribution in [3.63, 3.8) is 0 Å². The Labute approximate surface area is 362 Å². The third-order valence-electron chi connectivity index (χ3n) is 10.7. The van der Waals surface area contributed by atoms with Crippen LogP contribution in [-0.4, -0.2) is 23.6 Å². The Morgan fingerprint density at radius 1 is 0.406 bits per heavy atom. The highest BCUT2D eigenvalue weighted by atomic mass is 16.2. The normalized spacial score (nSPS) is 12.1. The molecule has 6 aromatic rings. The number of hydrogen-bond donors (Lipinski definition) is 2. The Hall–Kier alpha value is -10.9. The smallest absolute Gasteiger partial charge is 0.266 e. The van der Waals surface area contributed by atoms with Gasteiger partial charge < -0.3 is 11.5 Å². The minimum Gasteiger partial charge on any atom is -0.399 e. The van der Waals surface area contributed by atoms with Crippen LogP contribution in [0.25, 0.3) is 52.8 Å². The molecule has 0 aromatic heterocycles. The topological polar surface area (TPSA) is 239 Å². The molecule has 16 nitrogen and oxygen atoms in total. The Morgan fingerprint density at radius 2 is 0.734 bits per heavy atom. The molecule has 8 rings (SSSR count). The van der Waals surface area contributed by atoms with Crippen LogP contribution < -0.4 is 21.3 Å². The van der Waals surface area contributed by atoms with Gasteiger partial charge in [0.2, 0.25) is 22.7 Å². The molecule has 0 bridgehead atoms. The monoisotopic (exact) mass is 826 g/mol. The number of carbonyl (C=O) groups excluding carboxylic acids is 4. The molecule has 4 N–H and O–H groups in total. The molecule has 0 unspecified atom stereocenters. The number of nitrogens with zero attached hydrogens (tertiary/aromatic N) is 10. The van der Waals surface area contributed by atoms with Crippen molar-refractivity contribution in [2.45, 2.75) is 0 Å². The molecule has 0 atom stereocenters. The summed E-state index contributed by atoms with van der Waals surface area (Å²) >= 11 is 0. The van der Waals surface area contributed by atoms with Crippen LogP contribution in [-0.2, 0) is 0 Å². The first-order chi connectivity index (χ1) is 30.9.